The van der Waals surface area contributed by atoms with Crippen LogP contribution >= 0.6 is 46.4 Å². The number of alkyl halides is 6. The second kappa shape index (κ2) is 20.1. The lowest BCUT2D eigenvalue weighted by atomic mass is 10.0. The lowest BCUT2D eigenvalue weighted by Crippen LogP contribution is -2.18. The number of benzene rings is 4. The first-order chi connectivity index (χ1) is 31.3. The third-order valence-electron chi connectivity index (χ3n) is 9.03. The van der Waals surface area contributed by atoms with Crippen LogP contribution in [0.15, 0.2) is 107 Å². The summed E-state index contributed by atoms with van der Waals surface area (Å²) in [7, 11) is -12.9. The number of pyridine rings is 2. The van der Waals surface area contributed by atoms with Crippen molar-refractivity contribution in [3.63, 3.8) is 0 Å². The number of nitrogens with zero attached hydrogens (tertiary/aromatic N) is 2. The van der Waals surface area contributed by atoms with Gasteiger partial charge in [0.2, 0.25) is 21.6 Å². The molecule has 0 spiro atoms. The van der Waals surface area contributed by atoms with Crippen LogP contribution in [0.4, 0.5) is 49.1 Å². The van der Waals surface area contributed by atoms with Crippen LogP contribution in [-0.4, -0.2) is 53.0 Å². The highest BCUT2D eigenvalue weighted by Gasteiger charge is 2.36. The molecular formula is C41H30Cl4F6N6O8S3. The zero-order valence-electron chi connectivity index (χ0n) is 34.5. The van der Waals surface area contributed by atoms with Gasteiger partial charge in [0.1, 0.15) is 11.4 Å². The molecular weight excluding hydrogens is 1060 g/mol. The fourth-order valence-electron chi connectivity index (χ4n) is 5.86. The van der Waals surface area contributed by atoms with Gasteiger partial charge in [-0.1, -0.05) is 58.5 Å². The number of carbonyl (C=O) groups is 2. The normalized spacial score (nSPS) is 12.1. The van der Waals surface area contributed by atoms with E-state index >= 15 is 0 Å². The van der Waals surface area contributed by atoms with E-state index < -0.39 is 96.3 Å². The summed E-state index contributed by atoms with van der Waals surface area (Å²) < 4.78 is 160. The topological polar surface area (TPSA) is 224 Å². The van der Waals surface area contributed by atoms with Crippen molar-refractivity contribution in [3.8, 4) is 0 Å². The largest absolute Gasteiger partial charge is 0.417 e. The number of hydrogen-bond acceptors (Lipinski definition) is 11. The molecule has 2 aromatic heterocycles. The van der Waals surface area contributed by atoms with Crippen LogP contribution in [0, 0.1) is 13.8 Å². The maximum absolute atomic E-state index is 13.3. The standard InChI is InChI=1S/C21H16Cl2F3N3O5S2.C20H14Cl2F3N3O3S/c1-11-3-4-13(28-35(2,31)32)8-15(11)20(30)19-18(7-12(22)10-27-19)29-36(33,34)14-5-6-17(23)16(9-14)21(24,25)26;1-10-2-3-12(26)7-14(10)19(29)18-17(6-11(21)9-27-18)28-32(30,31)13-4-5-16(22)15(8-13)20(23,24)25/h3-10,28-29H,1-2H3;2-9,28H,26H2,1H3. The van der Waals surface area contributed by atoms with E-state index in [0.29, 0.717) is 28.9 Å². The first-order valence-electron chi connectivity index (χ1n) is 18.4. The van der Waals surface area contributed by atoms with E-state index in [0.717, 1.165) is 55.0 Å². The van der Waals surface area contributed by atoms with Gasteiger partial charge in [0.15, 0.2) is 0 Å². The number of nitrogens with two attached hydrogens (primary N) is 1. The Balaban J connectivity index is 0.000000256. The molecule has 0 aliphatic rings. The molecule has 27 heteroatoms. The number of sulfonamides is 3. The summed E-state index contributed by atoms with van der Waals surface area (Å²) in [6, 6.07) is 15.0. The molecule has 0 aliphatic carbocycles. The fourth-order valence-corrected chi connectivity index (χ4v) is 9.35. The molecule has 0 unspecified atom stereocenters. The minimum atomic E-state index is -4.91. The number of carbonyl (C=O) groups excluding carboxylic acids is 2. The lowest BCUT2D eigenvalue weighted by molar-refractivity contribution is -0.138. The van der Waals surface area contributed by atoms with Crippen LogP contribution in [0.1, 0.15) is 54.4 Å². The van der Waals surface area contributed by atoms with Crippen LogP contribution in [0.5, 0.6) is 0 Å². The van der Waals surface area contributed by atoms with E-state index in [1.807, 2.05) is 4.72 Å². The van der Waals surface area contributed by atoms with Crippen molar-refractivity contribution in [2.24, 2.45) is 0 Å². The van der Waals surface area contributed by atoms with Gasteiger partial charge in [0.25, 0.3) is 20.0 Å². The third kappa shape index (κ3) is 13.1. The lowest BCUT2D eigenvalue weighted by Gasteiger charge is -2.15. The summed E-state index contributed by atoms with van der Waals surface area (Å²) in [5.74, 6) is -1.46. The Morgan fingerprint density at radius 1 is 0.559 bits per heavy atom. The molecule has 4 aromatic carbocycles. The van der Waals surface area contributed by atoms with Gasteiger partial charge in [0.05, 0.1) is 58.6 Å². The van der Waals surface area contributed by atoms with Crippen molar-refractivity contribution in [2.45, 2.75) is 36.0 Å². The van der Waals surface area contributed by atoms with Crippen LogP contribution in [0.2, 0.25) is 20.1 Å². The highest BCUT2D eigenvalue weighted by atomic mass is 35.5. The molecule has 0 amide bonds. The van der Waals surface area contributed by atoms with Crippen LogP contribution in [-0.2, 0) is 42.4 Å². The highest BCUT2D eigenvalue weighted by Crippen LogP contribution is 2.38. The molecule has 0 saturated heterocycles. The zero-order chi connectivity index (χ0) is 50.9. The van der Waals surface area contributed by atoms with E-state index in [2.05, 4.69) is 19.4 Å². The van der Waals surface area contributed by atoms with Crippen molar-refractivity contribution in [1.29, 1.82) is 0 Å². The Kier molecular flexibility index (Phi) is 15.8. The Hall–Kier alpha value is -5.69. The third-order valence-corrected chi connectivity index (χ3v) is 13.4. The van der Waals surface area contributed by atoms with Gasteiger partial charge in [-0.05, 0) is 97.8 Å². The predicted molar refractivity (Wildman–Crippen MR) is 245 cm³/mol. The highest BCUT2D eigenvalue weighted by molar-refractivity contribution is 7.93. The number of ketones is 2. The Morgan fingerprint density at radius 3 is 1.35 bits per heavy atom. The maximum atomic E-state index is 13.3. The summed E-state index contributed by atoms with van der Waals surface area (Å²) in [6.07, 6.45) is -6.65. The Labute approximate surface area is 404 Å². The van der Waals surface area contributed by atoms with E-state index in [9.17, 15) is 61.2 Å². The minimum absolute atomic E-state index is 0.00404. The molecule has 0 saturated carbocycles. The summed E-state index contributed by atoms with van der Waals surface area (Å²) in [5, 5.41) is -1.43. The molecule has 14 nitrogen and oxygen atoms in total. The number of aromatic nitrogens is 2. The molecule has 68 heavy (non-hydrogen) atoms. The first-order valence-corrected chi connectivity index (χ1v) is 24.8. The number of anilines is 4. The van der Waals surface area contributed by atoms with Gasteiger partial charge < -0.3 is 5.73 Å². The number of aryl methyl sites for hydroxylation is 2. The van der Waals surface area contributed by atoms with Gasteiger partial charge in [-0.2, -0.15) is 26.3 Å². The molecule has 360 valence electrons. The first kappa shape index (κ1) is 53.3. The minimum Gasteiger partial charge on any atom is -0.399 e. The quantitative estimate of drug-likeness (QED) is 0.0512. The van der Waals surface area contributed by atoms with Gasteiger partial charge in [-0.15, -0.1) is 0 Å². The van der Waals surface area contributed by atoms with Crippen molar-refractivity contribution < 1.29 is 61.2 Å². The molecule has 5 N–H and O–H groups in total. The van der Waals surface area contributed by atoms with E-state index in [-0.39, 0.29) is 38.2 Å². The molecule has 2 heterocycles. The zero-order valence-corrected chi connectivity index (χ0v) is 40.0. The van der Waals surface area contributed by atoms with Gasteiger partial charge in [0, 0.05) is 34.9 Å². The van der Waals surface area contributed by atoms with Gasteiger partial charge in [-0.25, -0.2) is 35.2 Å². The number of halogens is 10. The monoisotopic (exact) mass is 1080 g/mol. The van der Waals surface area contributed by atoms with Crippen molar-refractivity contribution in [1.82, 2.24) is 9.97 Å². The molecule has 0 radical (unpaired) electrons. The Morgan fingerprint density at radius 2 is 0.956 bits per heavy atom. The van der Waals surface area contributed by atoms with Gasteiger partial charge >= 0.3 is 12.4 Å². The number of hydrogen-bond donors (Lipinski definition) is 4. The number of rotatable bonds is 12. The van der Waals surface area contributed by atoms with E-state index in [1.165, 1.54) is 24.3 Å². The Bertz CT molecular complexity index is 3350. The van der Waals surface area contributed by atoms with E-state index in [4.69, 9.17) is 52.1 Å². The average molecular weight is 1090 g/mol. The maximum Gasteiger partial charge on any atom is 0.417 e. The molecule has 0 atom stereocenters. The SMILES string of the molecule is Cc1ccc(N)cc1C(=O)c1ncc(Cl)cc1NS(=O)(=O)c1ccc(Cl)c(C(F)(F)F)c1.Cc1ccc(NS(C)(=O)=O)cc1C(=O)c1ncc(Cl)cc1NS(=O)(=O)c1ccc(Cl)c(C(F)(F)F)c1. The summed E-state index contributed by atoms with van der Waals surface area (Å²) in [6.45, 7) is 3.21. The van der Waals surface area contributed by atoms with Crippen molar-refractivity contribution >= 4 is 111 Å². The smallest absolute Gasteiger partial charge is 0.399 e. The molecule has 0 bridgehead atoms. The number of nitrogens with one attached hydrogen (secondary N) is 3. The van der Waals surface area contributed by atoms with Crippen LogP contribution in [0.3, 0.4) is 0 Å². The van der Waals surface area contributed by atoms with Crippen molar-refractivity contribution in [2.75, 3.05) is 26.2 Å². The summed E-state index contributed by atoms with van der Waals surface area (Å²) in [5.41, 5.74) is 3.11. The average Bonchev–Trinajstić information content (AvgIpc) is 3.21. The second-order valence-corrected chi connectivity index (χ2v) is 21.0. The summed E-state index contributed by atoms with van der Waals surface area (Å²) >= 11 is 23.0. The summed E-state index contributed by atoms with van der Waals surface area (Å²) in [4.78, 5) is 32.7. The predicted octanol–water partition coefficient (Wildman–Crippen LogP) is 10.4. The fraction of sp³-hybridized carbons (Fsp3) is 0.122. The second-order valence-electron chi connectivity index (χ2n) is 14.2. The molecule has 6 aromatic rings. The van der Waals surface area contributed by atoms with E-state index in [1.54, 1.807) is 26.0 Å². The number of nitrogen functional groups attached to an aromatic ring is 1. The van der Waals surface area contributed by atoms with Crippen LogP contribution in [0.25, 0.3) is 0 Å². The van der Waals surface area contributed by atoms with Crippen molar-refractivity contribution in [3.05, 3.63) is 162 Å². The van der Waals surface area contributed by atoms with Gasteiger partial charge in [-0.3, -0.25) is 23.8 Å². The molecule has 0 aliphatic heterocycles. The molecule has 0 fully saturated rings. The van der Waals surface area contributed by atoms with Crippen LogP contribution < -0.4 is 19.9 Å². The molecule has 6 rings (SSSR count).